The van der Waals surface area contributed by atoms with Crippen molar-refractivity contribution >= 4 is 12.0 Å². The largest absolute Gasteiger partial charge is 0.461 e. The SMILES string of the molecule is CCOC(=O)c1coc(NCC2CCNC2)n1. The third-order valence-electron chi connectivity index (χ3n) is 2.69. The summed E-state index contributed by atoms with van der Waals surface area (Å²) in [6, 6.07) is 0.375. The van der Waals surface area contributed by atoms with Crippen LogP contribution in [0.15, 0.2) is 10.7 Å². The van der Waals surface area contributed by atoms with Crippen molar-refractivity contribution in [3.63, 3.8) is 0 Å². The van der Waals surface area contributed by atoms with Crippen molar-refractivity contribution in [2.24, 2.45) is 5.92 Å². The van der Waals surface area contributed by atoms with Crippen molar-refractivity contribution in [3.8, 4) is 0 Å². The summed E-state index contributed by atoms with van der Waals surface area (Å²) in [6.45, 7) is 4.96. The van der Waals surface area contributed by atoms with Crippen molar-refractivity contribution in [1.29, 1.82) is 0 Å². The van der Waals surface area contributed by atoms with E-state index in [1.54, 1.807) is 6.92 Å². The number of hydrogen-bond donors (Lipinski definition) is 2. The molecule has 1 atom stereocenters. The summed E-state index contributed by atoms with van der Waals surface area (Å²) < 4.78 is 9.97. The number of anilines is 1. The number of carbonyl (C=O) groups excluding carboxylic acids is 1. The zero-order valence-corrected chi connectivity index (χ0v) is 9.86. The van der Waals surface area contributed by atoms with Crippen LogP contribution in [-0.4, -0.2) is 37.2 Å². The first-order chi connectivity index (χ1) is 8.29. The van der Waals surface area contributed by atoms with E-state index in [2.05, 4.69) is 15.6 Å². The highest BCUT2D eigenvalue weighted by molar-refractivity contribution is 5.87. The van der Waals surface area contributed by atoms with Crippen LogP contribution < -0.4 is 10.6 Å². The van der Waals surface area contributed by atoms with Crippen LogP contribution in [0.3, 0.4) is 0 Å². The van der Waals surface area contributed by atoms with E-state index in [0.29, 0.717) is 18.5 Å². The lowest BCUT2D eigenvalue weighted by molar-refractivity contribution is 0.0519. The average molecular weight is 239 g/mol. The Labute approximate surface area is 99.7 Å². The van der Waals surface area contributed by atoms with Gasteiger partial charge < -0.3 is 19.8 Å². The molecule has 1 saturated heterocycles. The number of rotatable bonds is 5. The van der Waals surface area contributed by atoms with Crippen LogP contribution in [-0.2, 0) is 4.74 Å². The molecule has 6 heteroatoms. The summed E-state index contributed by atoms with van der Waals surface area (Å²) in [5.41, 5.74) is 0.207. The first-order valence-corrected chi connectivity index (χ1v) is 5.87. The van der Waals surface area contributed by atoms with Gasteiger partial charge in [-0.15, -0.1) is 0 Å². The number of hydrogen-bond acceptors (Lipinski definition) is 6. The maximum absolute atomic E-state index is 11.3. The summed E-state index contributed by atoms with van der Waals surface area (Å²) in [7, 11) is 0. The summed E-state index contributed by atoms with van der Waals surface area (Å²) in [5.74, 6) is 0.139. The monoisotopic (exact) mass is 239 g/mol. The fourth-order valence-electron chi connectivity index (χ4n) is 1.77. The van der Waals surface area contributed by atoms with E-state index in [1.165, 1.54) is 6.26 Å². The molecular formula is C11H17N3O3. The van der Waals surface area contributed by atoms with E-state index in [9.17, 15) is 4.79 Å². The van der Waals surface area contributed by atoms with Crippen LogP contribution in [0, 0.1) is 5.92 Å². The Kier molecular flexibility index (Phi) is 3.98. The van der Waals surface area contributed by atoms with Gasteiger partial charge in [-0.05, 0) is 32.4 Å². The minimum Gasteiger partial charge on any atom is -0.461 e. The lowest BCUT2D eigenvalue weighted by Gasteiger charge is -2.07. The van der Waals surface area contributed by atoms with Crippen LogP contribution in [0.1, 0.15) is 23.8 Å². The minimum absolute atomic E-state index is 0.207. The number of nitrogens with one attached hydrogen (secondary N) is 2. The number of esters is 1. The fraction of sp³-hybridized carbons (Fsp3) is 0.636. The van der Waals surface area contributed by atoms with Gasteiger partial charge in [-0.25, -0.2) is 4.79 Å². The molecule has 0 saturated carbocycles. The van der Waals surface area contributed by atoms with Crippen LogP contribution in [0.4, 0.5) is 6.01 Å². The second-order valence-corrected chi connectivity index (χ2v) is 4.00. The molecule has 1 aliphatic heterocycles. The summed E-state index contributed by atoms with van der Waals surface area (Å²) in [4.78, 5) is 15.4. The van der Waals surface area contributed by atoms with Gasteiger partial charge in [-0.1, -0.05) is 0 Å². The van der Waals surface area contributed by atoms with E-state index in [-0.39, 0.29) is 5.69 Å². The second kappa shape index (κ2) is 5.67. The van der Waals surface area contributed by atoms with Gasteiger partial charge in [0.15, 0.2) is 5.69 Å². The molecular weight excluding hydrogens is 222 g/mol. The van der Waals surface area contributed by atoms with E-state index >= 15 is 0 Å². The molecule has 0 bridgehead atoms. The normalized spacial score (nSPS) is 19.2. The van der Waals surface area contributed by atoms with Gasteiger partial charge in [0.1, 0.15) is 6.26 Å². The standard InChI is InChI=1S/C11H17N3O3/c1-2-16-10(15)9-7-17-11(14-9)13-6-8-3-4-12-5-8/h7-8,12H,2-6H2,1H3,(H,13,14). The van der Waals surface area contributed by atoms with Gasteiger partial charge in [0, 0.05) is 6.54 Å². The maximum Gasteiger partial charge on any atom is 0.360 e. The van der Waals surface area contributed by atoms with Crippen molar-refractivity contribution in [2.75, 3.05) is 31.6 Å². The number of ether oxygens (including phenoxy) is 1. The first kappa shape index (κ1) is 11.9. The van der Waals surface area contributed by atoms with Crippen molar-refractivity contribution in [1.82, 2.24) is 10.3 Å². The Morgan fingerprint density at radius 3 is 3.35 bits per heavy atom. The van der Waals surface area contributed by atoms with Crippen molar-refractivity contribution in [3.05, 3.63) is 12.0 Å². The molecule has 2 N–H and O–H groups in total. The highest BCUT2D eigenvalue weighted by Gasteiger charge is 2.16. The van der Waals surface area contributed by atoms with Gasteiger partial charge in [0.2, 0.25) is 0 Å². The molecule has 0 amide bonds. The lowest BCUT2D eigenvalue weighted by Crippen LogP contribution is -2.17. The minimum atomic E-state index is -0.452. The van der Waals surface area contributed by atoms with Crippen LogP contribution >= 0.6 is 0 Å². The predicted octanol–water partition coefficient (Wildman–Crippen LogP) is 0.873. The molecule has 0 aliphatic carbocycles. The fourth-order valence-corrected chi connectivity index (χ4v) is 1.77. The molecule has 2 heterocycles. The molecule has 0 radical (unpaired) electrons. The predicted molar refractivity (Wildman–Crippen MR) is 61.9 cm³/mol. The van der Waals surface area contributed by atoms with E-state index in [1.807, 2.05) is 0 Å². The van der Waals surface area contributed by atoms with Crippen LogP contribution in [0.5, 0.6) is 0 Å². The average Bonchev–Trinajstić information content (AvgIpc) is 2.98. The Bertz CT molecular complexity index is 372. The zero-order valence-electron chi connectivity index (χ0n) is 9.86. The summed E-state index contributed by atoms with van der Waals surface area (Å²) >= 11 is 0. The number of oxazole rings is 1. The Balaban J connectivity index is 1.83. The molecule has 2 rings (SSSR count). The van der Waals surface area contributed by atoms with E-state index in [4.69, 9.17) is 9.15 Å². The second-order valence-electron chi connectivity index (χ2n) is 4.00. The molecule has 1 aromatic rings. The molecule has 1 fully saturated rings. The van der Waals surface area contributed by atoms with E-state index in [0.717, 1.165) is 26.1 Å². The quantitative estimate of drug-likeness (QED) is 0.743. The highest BCUT2D eigenvalue weighted by atomic mass is 16.5. The summed E-state index contributed by atoms with van der Waals surface area (Å²) in [6.07, 6.45) is 2.46. The van der Waals surface area contributed by atoms with Gasteiger partial charge in [0.05, 0.1) is 6.61 Å². The number of carbonyl (C=O) groups is 1. The van der Waals surface area contributed by atoms with Crippen LogP contribution in [0.2, 0.25) is 0 Å². The molecule has 94 valence electrons. The third kappa shape index (κ3) is 3.20. The van der Waals surface area contributed by atoms with Crippen molar-refractivity contribution in [2.45, 2.75) is 13.3 Å². The molecule has 0 spiro atoms. The number of nitrogens with zero attached hydrogens (tertiary/aromatic N) is 1. The Morgan fingerprint density at radius 1 is 1.76 bits per heavy atom. The summed E-state index contributed by atoms with van der Waals surface area (Å²) in [5, 5.41) is 6.36. The highest BCUT2D eigenvalue weighted by Crippen LogP contribution is 2.12. The molecule has 1 aliphatic rings. The molecule has 1 unspecified atom stereocenters. The maximum atomic E-state index is 11.3. The van der Waals surface area contributed by atoms with Gasteiger partial charge >= 0.3 is 5.97 Å². The Morgan fingerprint density at radius 2 is 2.65 bits per heavy atom. The lowest BCUT2D eigenvalue weighted by atomic mass is 10.1. The molecule has 0 aromatic carbocycles. The molecule has 1 aromatic heterocycles. The van der Waals surface area contributed by atoms with E-state index < -0.39 is 5.97 Å². The smallest absolute Gasteiger partial charge is 0.360 e. The number of aromatic nitrogens is 1. The first-order valence-electron chi connectivity index (χ1n) is 5.87. The van der Waals surface area contributed by atoms with Gasteiger partial charge in [0.25, 0.3) is 6.01 Å². The molecule has 6 nitrogen and oxygen atoms in total. The van der Waals surface area contributed by atoms with Crippen LogP contribution in [0.25, 0.3) is 0 Å². The third-order valence-corrected chi connectivity index (χ3v) is 2.69. The van der Waals surface area contributed by atoms with Gasteiger partial charge in [-0.3, -0.25) is 0 Å². The Hall–Kier alpha value is -1.56. The van der Waals surface area contributed by atoms with Gasteiger partial charge in [-0.2, -0.15) is 4.98 Å². The topological polar surface area (TPSA) is 76.4 Å². The van der Waals surface area contributed by atoms with Crippen molar-refractivity contribution < 1.29 is 13.9 Å². The zero-order chi connectivity index (χ0) is 12.1. The molecule has 17 heavy (non-hydrogen) atoms.